The van der Waals surface area contributed by atoms with E-state index in [1.807, 2.05) is 37.3 Å². The monoisotopic (exact) mass is 314 g/mol. The Morgan fingerprint density at radius 1 is 1.30 bits per heavy atom. The summed E-state index contributed by atoms with van der Waals surface area (Å²) in [4.78, 5) is 12.1. The SMILES string of the molecule is C[C@H]1OCCN[C@@H]1C(=O)NCCOc1cccc2ccccc12. The summed E-state index contributed by atoms with van der Waals surface area (Å²) in [5.41, 5.74) is 0. The van der Waals surface area contributed by atoms with Crippen LogP contribution in [0.3, 0.4) is 0 Å². The molecule has 5 nitrogen and oxygen atoms in total. The lowest BCUT2D eigenvalue weighted by atomic mass is 10.1. The molecule has 2 aromatic rings. The third-order valence-electron chi connectivity index (χ3n) is 4.01. The van der Waals surface area contributed by atoms with Crippen LogP contribution in [0.15, 0.2) is 42.5 Å². The van der Waals surface area contributed by atoms with E-state index in [0.29, 0.717) is 26.3 Å². The van der Waals surface area contributed by atoms with E-state index in [0.717, 1.165) is 16.5 Å². The Hall–Kier alpha value is -2.11. The Labute approximate surface area is 136 Å². The molecule has 23 heavy (non-hydrogen) atoms. The first-order valence-electron chi connectivity index (χ1n) is 7.99. The maximum atomic E-state index is 12.1. The summed E-state index contributed by atoms with van der Waals surface area (Å²) >= 11 is 0. The van der Waals surface area contributed by atoms with Gasteiger partial charge in [-0.2, -0.15) is 0 Å². The number of hydrogen-bond donors (Lipinski definition) is 2. The molecule has 3 rings (SSSR count). The quantitative estimate of drug-likeness (QED) is 0.825. The van der Waals surface area contributed by atoms with Gasteiger partial charge in [0.1, 0.15) is 18.4 Å². The average molecular weight is 314 g/mol. The standard InChI is InChI=1S/C18H22N2O3/c1-13-17(19-9-11-22-13)18(21)20-10-12-23-16-8-4-6-14-5-2-3-7-15(14)16/h2-8,13,17,19H,9-12H2,1H3,(H,20,21)/t13-,17+/m1/s1. The van der Waals surface area contributed by atoms with Crippen LogP contribution in [0.25, 0.3) is 10.8 Å². The lowest BCUT2D eigenvalue weighted by Crippen LogP contribution is -2.55. The van der Waals surface area contributed by atoms with Crippen molar-refractivity contribution in [2.24, 2.45) is 0 Å². The van der Waals surface area contributed by atoms with Gasteiger partial charge in [0.15, 0.2) is 0 Å². The molecule has 0 bridgehead atoms. The number of hydrogen-bond acceptors (Lipinski definition) is 4. The minimum Gasteiger partial charge on any atom is -0.491 e. The molecular formula is C18H22N2O3. The molecule has 0 spiro atoms. The number of rotatable bonds is 5. The highest BCUT2D eigenvalue weighted by Gasteiger charge is 2.27. The third-order valence-corrected chi connectivity index (χ3v) is 4.01. The molecule has 1 aliphatic heterocycles. The van der Waals surface area contributed by atoms with Gasteiger partial charge in [0.05, 0.1) is 19.3 Å². The Kier molecular flexibility index (Phi) is 5.10. The van der Waals surface area contributed by atoms with E-state index in [1.54, 1.807) is 0 Å². The van der Waals surface area contributed by atoms with Crippen LogP contribution in [0.5, 0.6) is 5.75 Å². The zero-order valence-corrected chi connectivity index (χ0v) is 13.2. The molecule has 0 aromatic heterocycles. The molecule has 2 aromatic carbocycles. The van der Waals surface area contributed by atoms with E-state index in [4.69, 9.17) is 9.47 Å². The lowest BCUT2D eigenvalue weighted by Gasteiger charge is -2.29. The van der Waals surface area contributed by atoms with Crippen LogP contribution in [0.1, 0.15) is 6.92 Å². The zero-order chi connectivity index (χ0) is 16.1. The second-order valence-electron chi connectivity index (χ2n) is 5.62. The summed E-state index contributed by atoms with van der Waals surface area (Å²) in [5.74, 6) is 0.795. The van der Waals surface area contributed by atoms with Crippen LogP contribution in [0.2, 0.25) is 0 Å². The fourth-order valence-corrected chi connectivity index (χ4v) is 2.79. The molecule has 1 heterocycles. The van der Waals surface area contributed by atoms with Crippen LogP contribution in [-0.4, -0.2) is 44.4 Å². The number of amides is 1. The van der Waals surface area contributed by atoms with E-state index >= 15 is 0 Å². The van der Waals surface area contributed by atoms with E-state index in [9.17, 15) is 4.79 Å². The van der Waals surface area contributed by atoms with Crippen molar-refractivity contribution in [3.05, 3.63) is 42.5 Å². The van der Waals surface area contributed by atoms with Gasteiger partial charge in [-0.05, 0) is 18.4 Å². The van der Waals surface area contributed by atoms with Crippen molar-refractivity contribution >= 4 is 16.7 Å². The van der Waals surface area contributed by atoms with Gasteiger partial charge in [-0.25, -0.2) is 0 Å². The third kappa shape index (κ3) is 3.81. The predicted octanol–water partition coefficient (Wildman–Crippen LogP) is 1.71. The van der Waals surface area contributed by atoms with Crippen molar-refractivity contribution < 1.29 is 14.3 Å². The molecule has 1 aliphatic rings. The molecule has 5 heteroatoms. The summed E-state index contributed by atoms with van der Waals surface area (Å²) in [6.45, 7) is 4.15. The van der Waals surface area contributed by atoms with Crippen molar-refractivity contribution in [1.82, 2.24) is 10.6 Å². The average Bonchev–Trinajstić information content (AvgIpc) is 2.59. The summed E-state index contributed by atoms with van der Waals surface area (Å²) in [6, 6.07) is 13.8. The molecule has 2 N–H and O–H groups in total. The molecule has 0 radical (unpaired) electrons. The van der Waals surface area contributed by atoms with Gasteiger partial charge in [-0.15, -0.1) is 0 Å². The first-order chi connectivity index (χ1) is 11.3. The van der Waals surface area contributed by atoms with Crippen molar-refractivity contribution in [2.45, 2.75) is 19.1 Å². The van der Waals surface area contributed by atoms with Gasteiger partial charge in [0, 0.05) is 11.9 Å². The highest BCUT2D eigenvalue weighted by molar-refractivity contribution is 5.88. The first kappa shape index (κ1) is 15.8. The van der Waals surface area contributed by atoms with Crippen molar-refractivity contribution in [2.75, 3.05) is 26.3 Å². The molecule has 1 saturated heterocycles. The largest absolute Gasteiger partial charge is 0.491 e. The van der Waals surface area contributed by atoms with E-state index in [-0.39, 0.29) is 18.1 Å². The number of benzene rings is 2. The number of ether oxygens (including phenoxy) is 2. The summed E-state index contributed by atoms with van der Waals surface area (Å²) in [7, 11) is 0. The highest BCUT2D eigenvalue weighted by atomic mass is 16.5. The van der Waals surface area contributed by atoms with Gasteiger partial charge in [-0.1, -0.05) is 36.4 Å². The fourth-order valence-electron chi connectivity index (χ4n) is 2.79. The molecule has 0 unspecified atom stereocenters. The van der Waals surface area contributed by atoms with Crippen LogP contribution < -0.4 is 15.4 Å². The maximum absolute atomic E-state index is 12.1. The number of carbonyl (C=O) groups is 1. The second kappa shape index (κ2) is 7.44. The topological polar surface area (TPSA) is 59.6 Å². The van der Waals surface area contributed by atoms with Crippen LogP contribution in [0.4, 0.5) is 0 Å². The van der Waals surface area contributed by atoms with E-state index in [1.165, 1.54) is 0 Å². The number of morpholine rings is 1. The molecular weight excluding hydrogens is 292 g/mol. The number of nitrogens with one attached hydrogen (secondary N) is 2. The number of carbonyl (C=O) groups excluding carboxylic acids is 1. The molecule has 122 valence electrons. The minimum atomic E-state index is -0.290. The van der Waals surface area contributed by atoms with Crippen molar-refractivity contribution in [3.8, 4) is 5.75 Å². The molecule has 0 saturated carbocycles. The first-order valence-corrected chi connectivity index (χ1v) is 7.99. The lowest BCUT2D eigenvalue weighted by molar-refractivity contribution is -0.129. The predicted molar refractivity (Wildman–Crippen MR) is 89.7 cm³/mol. The minimum absolute atomic E-state index is 0.0429. The Balaban J connectivity index is 1.50. The summed E-state index contributed by atoms with van der Waals surface area (Å²) in [5, 5.41) is 8.29. The smallest absolute Gasteiger partial charge is 0.239 e. The van der Waals surface area contributed by atoms with Crippen molar-refractivity contribution in [1.29, 1.82) is 0 Å². The Bertz CT molecular complexity index is 669. The van der Waals surface area contributed by atoms with Gasteiger partial charge in [0.25, 0.3) is 0 Å². The zero-order valence-electron chi connectivity index (χ0n) is 13.2. The number of fused-ring (bicyclic) bond motifs is 1. The van der Waals surface area contributed by atoms with Crippen LogP contribution >= 0.6 is 0 Å². The summed E-state index contributed by atoms with van der Waals surface area (Å²) in [6.07, 6.45) is -0.109. The summed E-state index contributed by atoms with van der Waals surface area (Å²) < 4.78 is 11.3. The van der Waals surface area contributed by atoms with E-state index in [2.05, 4.69) is 22.8 Å². The van der Waals surface area contributed by atoms with Gasteiger partial charge in [0.2, 0.25) is 5.91 Å². The van der Waals surface area contributed by atoms with Crippen LogP contribution in [0, 0.1) is 0 Å². The Morgan fingerprint density at radius 2 is 2.13 bits per heavy atom. The van der Waals surface area contributed by atoms with E-state index < -0.39 is 0 Å². The second-order valence-corrected chi connectivity index (χ2v) is 5.62. The van der Waals surface area contributed by atoms with Gasteiger partial charge < -0.3 is 20.1 Å². The van der Waals surface area contributed by atoms with Gasteiger partial charge >= 0.3 is 0 Å². The highest BCUT2D eigenvalue weighted by Crippen LogP contribution is 2.24. The molecule has 0 aliphatic carbocycles. The fraction of sp³-hybridized carbons (Fsp3) is 0.389. The maximum Gasteiger partial charge on any atom is 0.239 e. The molecule has 1 fully saturated rings. The molecule has 1 amide bonds. The Morgan fingerprint density at radius 3 is 3.00 bits per heavy atom. The van der Waals surface area contributed by atoms with Gasteiger partial charge in [-0.3, -0.25) is 4.79 Å². The molecule has 2 atom stereocenters. The van der Waals surface area contributed by atoms with Crippen molar-refractivity contribution in [3.63, 3.8) is 0 Å². The normalized spacial score (nSPS) is 21.1. The van der Waals surface area contributed by atoms with Crippen LogP contribution in [-0.2, 0) is 9.53 Å².